The molecule has 13 heteroatoms. The number of aliphatic imine (C=N–C) groups is 1. The Hall–Kier alpha value is -3.50. The molecule has 2 aromatic heterocycles. The van der Waals surface area contributed by atoms with E-state index in [1.807, 2.05) is 31.2 Å². The van der Waals surface area contributed by atoms with Crippen molar-refractivity contribution in [2.45, 2.75) is 77.1 Å². The first kappa shape index (κ1) is 32.4. The molecule has 1 saturated carbocycles. The highest BCUT2D eigenvalue weighted by Crippen LogP contribution is 2.30. The molecule has 1 aliphatic heterocycles. The van der Waals surface area contributed by atoms with E-state index in [1.54, 1.807) is 0 Å². The minimum atomic E-state index is -0.454. The Balaban J connectivity index is 1.28. The number of hydrogen-bond donors (Lipinski definition) is 5. The zero-order chi connectivity index (χ0) is 30.7. The molecule has 4 rings (SSSR count). The number of hydrogen-bond acceptors (Lipinski definition) is 10. The monoisotopic (exact) mass is 611 g/mol. The average molecular weight is 612 g/mol. The molecule has 1 atom stereocenters. The fraction of sp³-hybridized carbons (Fsp3) is 0.567. The molecule has 0 amide bonds. The summed E-state index contributed by atoms with van der Waals surface area (Å²) < 4.78 is 11.1. The van der Waals surface area contributed by atoms with Gasteiger partial charge in [0.2, 0.25) is 0 Å². The van der Waals surface area contributed by atoms with Crippen LogP contribution in [0, 0.1) is 16.7 Å². The Labute approximate surface area is 257 Å². The summed E-state index contributed by atoms with van der Waals surface area (Å²) in [6.07, 6.45) is 7.29. The third-order valence-corrected chi connectivity index (χ3v) is 8.10. The van der Waals surface area contributed by atoms with Crippen molar-refractivity contribution >= 4 is 29.7 Å². The first-order valence-corrected chi connectivity index (χ1v) is 15.2. The molecule has 12 nitrogen and oxygen atoms in total. The van der Waals surface area contributed by atoms with Crippen molar-refractivity contribution in [2.24, 2.45) is 10.4 Å². The molecule has 232 valence electrons. The number of allylic oxidation sites excluding steroid dienone is 3. The van der Waals surface area contributed by atoms with Gasteiger partial charge in [-0.1, -0.05) is 17.7 Å². The van der Waals surface area contributed by atoms with Crippen molar-refractivity contribution < 1.29 is 9.47 Å². The largest absolute Gasteiger partial charge is 0.381 e. The van der Waals surface area contributed by atoms with Crippen LogP contribution in [0.25, 0.3) is 5.57 Å². The SMILES string of the molecule is C=N/C(=C\C(=C(/C)Cl)c1cccc(NCC2(C#N)CCOCC2)n1)N[C@H]1CC[C@H](N[C@H](C)COCc2n[nH]c(=O)[nH]2)CC1. The summed E-state index contributed by atoms with van der Waals surface area (Å²) in [6, 6.07) is 9.04. The van der Waals surface area contributed by atoms with Crippen molar-refractivity contribution in [3.05, 3.63) is 57.1 Å². The number of rotatable bonds is 14. The Morgan fingerprint density at radius 2 is 2.07 bits per heavy atom. The number of H-pyrrole nitrogens is 2. The van der Waals surface area contributed by atoms with Crippen molar-refractivity contribution in [2.75, 3.05) is 31.7 Å². The quantitative estimate of drug-likeness (QED) is 0.158. The number of anilines is 1. The average Bonchev–Trinajstić information content (AvgIpc) is 3.44. The lowest BCUT2D eigenvalue weighted by Gasteiger charge is -2.32. The maximum absolute atomic E-state index is 11.1. The first-order valence-electron chi connectivity index (χ1n) is 14.8. The van der Waals surface area contributed by atoms with Crippen LogP contribution in [0.5, 0.6) is 0 Å². The fourth-order valence-corrected chi connectivity index (χ4v) is 5.57. The van der Waals surface area contributed by atoms with Crippen molar-refractivity contribution in [3.63, 3.8) is 0 Å². The number of halogens is 1. The van der Waals surface area contributed by atoms with Crippen LogP contribution in [-0.2, 0) is 16.1 Å². The number of aromatic amines is 2. The number of nitriles is 1. The van der Waals surface area contributed by atoms with Crippen LogP contribution in [0.1, 0.15) is 63.9 Å². The zero-order valence-corrected chi connectivity index (χ0v) is 25.7. The van der Waals surface area contributed by atoms with Crippen LogP contribution in [0.3, 0.4) is 0 Å². The Bertz CT molecular complexity index is 1360. The topological polar surface area (TPSA) is 165 Å². The third-order valence-electron chi connectivity index (χ3n) is 7.90. The van der Waals surface area contributed by atoms with Crippen molar-refractivity contribution in [1.82, 2.24) is 30.8 Å². The Morgan fingerprint density at radius 1 is 1.33 bits per heavy atom. The molecule has 0 unspecified atom stereocenters. The van der Waals surface area contributed by atoms with Gasteiger partial charge in [-0.25, -0.2) is 19.9 Å². The van der Waals surface area contributed by atoms with E-state index in [0.29, 0.717) is 73.4 Å². The highest BCUT2D eigenvalue weighted by Gasteiger charge is 2.32. The lowest BCUT2D eigenvalue weighted by Crippen LogP contribution is -2.44. The smallest absolute Gasteiger partial charge is 0.340 e. The van der Waals surface area contributed by atoms with Crippen LogP contribution in [0.4, 0.5) is 5.82 Å². The Morgan fingerprint density at radius 3 is 2.72 bits per heavy atom. The van der Waals surface area contributed by atoms with E-state index in [1.165, 1.54) is 0 Å². The van der Waals surface area contributed by atoms with E-state index < -0.39 is 5.41 Å². The van der Waals surface area contributed by atoms with Gasteiger partial charge in [-0.15, -0.1) is 0 Å². The molecule has 1 saturated heterocycles. The van der Waals surface area contributed by atoms with Crippen LogP contribution < -0.4 is 21.6 Å². The molecular formula is C30H42ClN9O3. The van der Waals surface area contributed by atoms with E-state index in [-0.39, 0.29) is 24.4 Å². The van der Waals surface area contributed by atoms with Gasteiger partial charge in [0.25, 0.3) is 0 Å². The fourth-order valence-electron chi connectivity index (χ4n) is 5.42. The summed E-state index contributed by atoms with van der Waals surface area (Å²) in [6.45, 7) is 10.2. The van der Waals surface area contributed by atoms with Crippen LogP contribution in [0.15, 0.2) is 44.9 Å². The third kappa shape index (κ3) is 9.76. The summed E-state index contributed by atoms with van der Waals surface area (Å²) in [7, 11) is 0. The highest BCUT2D eigenvalue weighted by atomic mass is 35.5. The second kappa shape index (κ2) is 15.8. The lowest BCUT2D eigenvalue weighted by molar-refractivity contribution is 0.0455. The van der Waals surface area contributed by atoms with E-state index in [0.717, 1.165) is 31.3 Å². The molecule has 0 aromatic carbocycles. The zero-order valence-electron chi connectivity index (χ0n) is 24.9. The maximum Gasteiger partial charge on any atom is 0.340 e. The number of nitrogens with zero attached hydrogens (tertiary/aromatic N) is 4. The summed E-state index contributed by atoms with van der Waals surface area (Å²) in [4.78, 5) is 22.7. The molecule has 0 spiro atoms. The molecular weight excluding hydrogens is 570 g/mol. The number of ether oxygens (including phenoxy) is 2. The maximum atomic E-state index is 11.1. The first-order chi connectivity index (χ1) is 20.8. The molecule has 0 radical (unpaired) electrons. The lowest BCUT2D eigenvalue weighted by atomic mass is 9.82. The number of nitrogens with one attached hydrogen (secondary N) is 5. The van der Waals surface area contributed by atoms with E-state index in [2.05, 4.69) is 55.8 Å². The summed E-state index contributed by atoms with van der Waals surface area (Å²) in [5, 5.41) is 27.1. The summed E-state index contributed by atoms with van der Waals surface area (Å²) in [5.74, 6) is 1.82. The van der Waals surface area contributed by atoms with Crippen molar-refractivity contribution in [1.29, 1.82) is 5.26 Å². The number of pyridine rings is 1. The van der Waals surface area contributed by atoms with E-state index in [4.69, 9.17) is 26.1 Å². The van der Waals surface area contributed by atoms with Gasteiger partial charge in [0.15, 0.2) is 5.82 Å². The molecule has 2 aliphatic rings. The van der Waals surface area contributed by atoms with E-state index >= 15 is 0 Å². The van der Waals surface area contributed by atoms with Crippen LogP contribution in [0.2, 0.25) is 0 Å². The van der Waals surface area contributed by atoms with Crippen molar-refractivity contribution in [3.8, 4) is 6.07 Å². The summed E-state index contributed by atoms with van der Waals surface area (Å²) in [5.41, 5.74) is 0.676. The predicted octanol–water partition coefficient (Wildman–Crippen LogP) is 3.83. The molecule has 1 aliphatic carbocycles. The molecule has 2 aromatic rings. The van der Waals surface area contributed by atoms with Gasteiger partial charge in [0.05, 0.1) is 23.8 Å². The van der Waals surface area contributed by atoms with Gasteiger partial charge in [0.1, 0.15) is 18.2 Å². The van der Waals surface area contributed by atoms with Gasteiger partial charge in [-0.2, -0.15) is 10.4 Å². The normalized spacial score (nSPS) is 21.8. The van der Waals surface area contributed by atoms with Gasteiger partial charge in [-0.05, 0) is 77.3 Å². The predicted molar refractivity (Wildman–Crippen MR) is 168 cm³/mol. The molecule has 0 bridgehead atoms. The van der Waals surface area contributed by atoms with Crippen LogP contribution in [-0.4, -0.2) is 71.4 Å². The van der Waals surface area contributed by atoms with Gasteiger partial charge in [-0.3, -0.25) is 4.98 Å². The second-order valence-corrected chi connectivity index (χ2v) is 11.9. The van der Waals surface area contributed by atoms with E-state index in [9.17, 15) is 10.1 Å². The minimum Gasteiger partial charge on any atom is -0.381 e. The second-order valence-electron chi connectivity index (χ2n) is 11.3. The number of aromatic nitrogens is 4. The molecule has 2 fully saturated rings. The van der Waals surface area contributed by atoms with Gasteiger partial charge >= 0.3 is 5.69 Å². The highest BCUT2D eigenvalue weighted by molar-refractivity contribution is 6.32. The molecule has 43 heavy (non-hydrogen) atoms. The van der Waals surface area contributed by atoms with Gasteiger partial charge in [0, 0.05) is 48.5 Å². The van der Waals surface area contributed by atoms with Crippen LogP contribution >= 0.6 is 11.6 Å². The molecule has 5 N–H and O–H groups in total. The minimum absolute atomic E-state index is 0.171. The van der Waals surface area contributed by atoms with Gasteiger partial charge < -0.3 is 25.4 Å². The standard InChI is InChI=1S/C30H42ClN9O3/c1-20(16-43-17-28-38-29(41)40-39-28)35-22-7-9-23(10-8-22)36-27(33-3)15-24(21(2)31)25-5-4-6-26(37-25)34-19-30(18-32)11-13-42-14-12-30/h4-6,15,20,22-23,35-36H,3,7-14,16-17,19H2,1-2H3,(H,34,37)(H2,38,39,40,41)/b24-21-,27-15+/t20-,22-,23-/m1/s1. The Kier molecular flexibility index (Phi) is 11.9. The summed E-state index contributed by atoms with van der Waals surface area (Å²) >= 11 is 6.55. The molecule has 3 heterocycles.